The molecule has 3 aromatic carbocycles. The zero-order valence-electron chi connectivity index (χ0n) is 24.0. The van der Waals surface area contributed by atoms with Crippen molar-refractivity contribution in [3.63, 3.8) is 0 Å². The van der Waals surface area contributed by atoms with E-state index in [0.717, 1.165) is 16.8 Å². The minimum atomic E-state index is -1.43. The van der Waals surface area contributed by atoms with Gasteiger partial charge in [0.1, 0.15) is 11.4 Å². The van der Waals surface area contributed by atoms with Crippen molar-refractivity contribution in [3.8, 4) is 11.6 Å². The summed E-state index contributed by atoms with van der Waals surface area (Å²) in [4.78, 5) is 18.5. The van der Waals surface area contributed by atoms with E-state index in [1.807, 2.05) is 54.7 Å². The van der Waals surface area contributed by atoms with Crippen LogP contribution < -0.4 is 4.74 Å². The Morgan fingerprint density at radius 3 is 2.40 bits per heavy atom. The van der Waals surface area contributed by atoms with Gasteiger partial charge in [-0.25, -0.2) is 14.1 Å². The van der Waals surface area contributed by atoms with Crippen LogP contribution in [0.4, 0.5) is 4.39 Å². The average Bonchev–Trinajstić information content (AvgIpc) is 3.58. The summed E-state index contributed by atoms with van der Waals surface area (Å²) in [5.41, 5.74) is 3.13. The van der Waals surface area contributed by atoms with Gasteiger partial charge < -0.3 is 14.7 Å². The smallest absolute Gasteiger partial charge is 0.219 e. The first-order chi connectivity index (χ1) is 20.8. The summed E-state index contributed by atoms with van der Waals surface area (Å²) in [6.07, 6.45) is 5.30. The van der Waals surface area contributed by atoms with Crippen molar-refractivity contribution >= 4 is 28.4 Å². The fraction of sp³-hybridized carbons (Fsp3) is 0.265. The van der Waals surface area contributed by atoms with E-state index in [1.165, 1.54) is 12.1 Å². The van der Waals surface area contributed by atoms with Gasteiger partial charge in [0.2, 0.25) is 11.8 Å². The molecule has 5 aromatic rings. The molecule has 7 nitrogen and oxygen atoms in total. The van der Waals surface area contributed by atoms with Crippen LogP contribution in [0, 0.1) is 11.7 Å². The summed E-state index contributed by atoms with van der Waals surface area (Å²) in [5.74, 6) is -0.127. The highest BCUT2D eigenvalue weighted by Gasteiger charge is 2.42. The molecule has 1 aliphatic rings. The maximum Gasteiger partial charge on any atom is 0.219 e. The number of pyridine rings is 1. The standard InChI is InChI=1S/C34H32ClFN4O3/c1-22(41)39-18-14-25(15-19-39)34(42,24-6-9-27(36)10-7-24)26-8-13-31-29(21-26)32(35)30(33(38-31)43-2)20-23-4-11-28(12-5-23)40-17-3-16-37-40/h3-13,16-17,21,25,42H,14-15,18-20H2,1-2H3. The van der Waals surface area contributed by atoms with Gasteiger partial charge in [0.05, 0.1) is 23.3 Å². The molecule has 220 valence electrons. The minimum Gasteiger partial charge on any atom is -0.481 e. The van der Waals surface area contributed by atoms with Gasteiger partial charge in [-0.3, -0.25) is 4.79 Å². The highest BCUT2D eigenvalue weighted by Crippen LogP contribution is 2.44. The number of aromatic nitrogens is 3. The highest BCUT2D eigenvalue weighted by molar-refractivity contribution is 6.36. The van der Waals surface area contributed by atoms with Crippen LogP contribution in [0.25, 0.3) is 16.6 Å². The van der Waals surface area contributed by atoms with Gasteiger partial charge in [0.25, 0.3) is 0 Å². The number of hydrogen-bond donors (Lipinski definition) is 1. The number of nitrogens with zero attached hydrogens (tertiary/aromatic N) is 4. The lowest BCUT2D eigenvalue weighted by Crippen LogP contribution is -2.45. The maximum atomic E-state index is 13.9. The topological polar surface area (TPSA) is 80.5 Å². The molecule has 0 radical (unpaired) electrons. The van der Waals surface area contributed by atoms with Crippen molar-refractivity contribution in [2.45, 2.75) is 31.8 Å². The Labute approximate surface area is 254 Å². The first-order valence-electron chi connectivity index (χ1n) is 14.3. The quantitative estimate of drug-likeness (QED) is 0.238. The Bertz CT molecular complexity index is 1750. The van der Waals surface area contributed by atoms with Gasteiger partial charge in [0, 0.05) is 49.8 Å². The molecule has 1 amide bonds. The molecule has 1 N–H and O–H groups in total. The number of fused-ring (bicyclic) bond motifs is 1. The number of piperidine rings is 1. The SMILES string of the molecule is COc1nc2ccc(C(O)(c3ccc(F)cc3)C3CCN(C(C)=O)CC3)cc2c(Cl)c1Cc1ccc(-n2cccn2)cc1. The highest BCUT2D eigenvalue weighted by atomic mass is 35.5. The molecule has 1 aliphatic heterocycles. The molecule has 1 unspecified atom stereocenters. The van der Waals surface area contributed by atoms with Crippen LogP contribution in [0.5, 0.6) is 5.88 Å². The number of ether oxygens (including phenoxy) is 1. The van der Waals surface area contributed by atoms with Crippen LogP contribution in [0.3, 0.4) is 0 Å². The third-order valence-corrected chi connectivity index (χ3v) is 8.94. The summed E-state index contributed by atoms with van der Waals surface area (Å²) >= 11 is 7.11. The van der Waals surface area contributed by atoms with Crippen LogP contribution in [0.15, 0.2) is 85.2 Å². The van der Waals surface area contributed by atoms with Gasteiger partial charge >= 0.3 is 0 Å². The van der Waals surface area contributed by atoms with E-state index in [1.54, 1.807) is 41.9 Å². The zero-order valence-corrected chi connectivity index (χ0v) is 24.8. The number of likely N-dealkylation sites (tertiary alicyclic amines) is 1. The second-order valence-electron chi connectivity index (χ2n) is 11.0. The lowest BCUT2D eigenvalue weighted by molar-refractivity contribution is -0.131. The number of halogens is 2. The fourth-order valence-corrected chi connectivity index (χ4v) is 6.45. The summed E-state index contributed by atoms with van der Waals surface area (Å²) in [6, 6.07) is 21.5. The first-order valence-corrected chi connectivity index (χ1v) is 14.6. The van der Waals surface area contributed by atoms with E-state index in [-0.39, 0.29) is 17.6 Å². The van der Waals surface area contributed by atoms with Gasteiger partial charge in [-0.15, -0.1) is 0 Å². The first kappa shape index (κ1) is 28.8. The maximum absolute atomic E-state index is 13.9. The van der Waals surface area contributed by atoms with Crippen molar-refractivity contribution in [1.29, 1.82) is 0 Å². The van der Waals surface area contributed by atoms with Crippen molar-refractivity contribution in [3.05, 3.63) is 118 Å². The number of aliphatic hydroxyl groups is 1. The van der Waals surface area contributed by atoms with Gasteiger partial charge in [-0.1, -0.05) is 41.9 Å². The molecule has 6 rings (SSSR count). The van der Waals surface area contributed by atoms with E-state index < -0.39 is 5.60 Å². The molecule has 1 saturated heterocycles. The van der Waals surface area contributed by atoms with Crippen molar-refractivity contribution in [2.75, 3.05) is 20.2 Å². The summed E-state index contributed by atoms with van der Waals surface area (Å²) in [7, 11) is 1.57. The number of methoxy groups -OCH3 is 1. The lowest BCUT2D eigenvalue weighted by atomic mass is 9.71. The molecule has 0 bridgehead atoms. The molecule has 1 atom stereocenters. The van der Waals surface area contributed by atoms with E-state index in [9.17, 15) is 14.3 Å². The number of benzene rings is 3. The van der Waals surface area contributed by atoms with Gasteiger partial charge in [-0.2, -0.15) is 5.10 Å². The molecule has 0 aliphatic carbocycles. The van der Waals surface area contributed by atoms with Gasteiger partial charge in [0.15, 0.2) is 0 Å². The van der Waals surface area contributed by atoms with E-state index in [2.05, 4.69) is 5.10 Å². The third-order valence-electron chi connectivity index (χ3n) is 8.51. The minimum absolute atomic E-state index is 0.0184. The van der Waals surface area contributed by atoms with Crippen LogP contribution >= 0.6 is 11.6 Å². The van der Waals surface area contributed by atoms with E-state index in [0.29, 0.717) is 65.3 Å². The zero-order chi connectivity index (χ0) is 30.1. The predicted octanol–water partition coefficient (Wildman–Crippen LogP) is 6.31. The Balaban J connectivity index is 1.41. The molecule has 3 heterocycles. The van der Waals surface area contributed by atoms with Crippen molar-refractivity contribution < 1.29 is 19.0 Å². The van der Waals surface area contributed by atoms with Crippen molar-refractivity contribution in [2.24, 2.45) is 5.92 Å². The van der Waals surface area contributed by atoms with E-state index >= 15 is 0 Å². The van der Waals surface area contributed by atoms with Crippen LogP contribution in [0.1, 0.15) is 42.0 Å². The van der Waals surface area contributed by atoms with E-state index in [4.69, 9.17) is 21.3 Å². The molecular formula is C34H32ClFN4O3. The summed E-state index contributed by atoms with van der Waals surface area (Å²) in [6.45, 7) is 2.64. The monoisotopic (exact) mass is 598 g/mol. The van der Waals surface area contributed by atoms with Crippen LogP contribution in [-0.4, -0.2) is 50.9 Å². The molecule has 9 heteroatoms. The second kappa shape index (κ2) is 11.8. The molecule has 0 saturated carbocycles. The molecule has 0 spiro atoms. The van der Waals surface area contributed by atoms with Crippen LogP contribution in [0.2, 0.25) is 5.02 Å². The molecule has 2 aromatic heterocycles. The number of amides is 1. The largest absolute Gasteiger partial charge is 0.481 e. The molecule has 1 fully saturated rings. The molecular weight excluding hydrogens is 567 g/mol. The van der Waals surface area contributed by atoms with Gasteiger partial charge in [-0.05, 0) is 77.9 Å². The van der Waals surface area contributed by atoms with Crippen LogP contribution in [-0.2, 0) is 16.8 Å². The number of hydrogen-bond acceptors (Lipinski definition) is 5. The molecule has 43 heavy (non-hydrogen) atoms. The Kier molecular flexibility index (Phi) is 7.90. The predicted molar refractivity (Wildman–Crippen MR) is 164 cm³/mol. The lowest BCUT2D eigenvalue weighted by Gasteiger charge is -2.42. The summed E-state index contributed by atoms with van der Waals surface area (Å²) < 4.78 is 21.4. The average molecular weight is 599 g/mol. The Morgan fingerprint density at radius 1 is 1.07 bits per heavy atom. The normalized spacial score (nSPS) is 15.4. The summed E-state index contributed by atoms with van der Waals surface area (Å²) in [5, 5.41) is 18.0. The van der Waals surface area contributed by atoms with Crippen molar-refractivity contribution in [1.82, 2.24) is 19.7 Å². The Morgan fingerprint density at radius 2 is 1.77 bits per heavy atom. The third kappa shape index (κ3) is 5.48. The number of carbonyl (C=O) groups excluding carboxylic acids is 1. The fourth-order valence-electron chi connectivity index (χ4n) is 6.15. The second-order valence-corrected chi connectivity index (χ2v) is 11.4. The number of rotatable bonds is 7. The number of carbonyl (C=O) groups is 1. The Hall–Kier alpha value is -4.27.